The lowest BCUT2D eigenvalue weighted by atomic mass is 10.2. The van der Waals surface area contributed by atoms with Crippen LogP contribution in [0.1, 0.15) is 12.8 Å². The molecule has 1 aliphatic rings. The Kier molecular flexibility index (Phi) is 4.22. The van der Waals surface area contributed by atoms with Crippen LogP contribution in [0.15, 0.2) is 23.1 Å². The van der Waals surface area contributed by atoms with Crippen LogP contribution in [-0.4, -0.2) is 27.3 Å². The predicted octanol–water partition coefficient (Wildman–Crippen LogP) is 2.77. The first-order valence-corrected chi connectivity index (χ1v) is 8.20. The Hall–Kier alpha value is -0.290. The van der Waals surface area contributed by atoms with E-state index in [4.69, 9.17) is 23.2 Å². The van der Waals surface area contributed by atoms with Crippen molar-refractivity contribution in [3.63, 3.8) is 0 Å². The highest BCUT2D eigenvalue weighted by molar-refractivity contribution is 7.91. The molecule has 1 aromatic carbocycles. The van der Waals surface area contributed by atoms with E-state index in [1.807, 2.05) is 0 Å². The van der Waals surface area contributed by atoms with E-state index < -0.39 is 9.84 Å². The number of hydrogen-bond donors (Lipinski definition) is 1. The van der Waals surface area contributed by atoms with Crippen LogP contribution >= 0.6 is 23.2 Å². The largest absolute Gasteiger partial charge is 0.316 e. The van der Waals surface area contributed by atoms with Crippen LogP contribution in [0.25, 0.3) is 0 Å². The highest BCUT2D eigenvalue weighted by Gasteiger charge is 2.34. The Bertz CT molecular complexity index is 541. The van der Waals surface area contributed by atoms with Crippen molar-refractivity contribution in [1.29, 1.82) is 0 Å². The lowest BCUT2D eigenvalue weighted by molar-refractivity contribution is 0.527. The number of benzene rings is 1. The highest BCUT2D eigenvalue weighted by atomic mass is 35.5. The first-order valence-electron chi connectivity index (χ1n) is 5.79. The zero-order chi connectivity index (χ0) is 13.3. The van der Waals surface area contributed by atoms with E-state index in [1.54, 1.807) is 13.1 Å². The fourth-order valence-corrected chi connectivity index (χ4v) is 4.47. The van der Waals surface area contributed by atoms with Crippen molar-refractivity contribution in [2.75, 3.05) is 12.8 Å². The number of sulfone groups is 1. The van der Waals surface area contributed by atoms with Crippen LogP contribution in [0.3, 0.4) is 0 Å². The topological polar surface area (TPSA) is 46.2 Å². The molecule has 0 amide bonds. The molecule has 0 spiro atoms. The van der Waals surface area contributed by atoms with Gasteiger partial charge in [-0.1, -0.05) is 23.2 Å². The van der Waals surface area contributed by atoms with Crippen molar-refractivity contribution in [3.8, 4) is 0 Å². The molecule has 1 atom stereocenters. The van der Waals surface area contributed by atoms with Crippen LogP contribution in [0.2, 0.25) is 10.0 Å². The second-order valence-electron chi connectivity index (χ2n) is 4.59. The number of rotatable bonds is 5. The zero-order valence-electron chi connectivity index (χ0n) is 9.99. The Morgan fingerprint density at radius 1 is 1.39 bits per heavy atom. The van der Waals surface area contributed by atoms with E-state index in [0.717, 1.165) is 12.8 Å². The molecular formula is C12H15Cl2NO2S. The summed E-state index contributed by atoms with van der Waals surface area (Å²) in [4.78, 5) is 0.123. The van der Waals surface area contributed by atoms with Gasteiger partial charge < -0.3 is 5.32 Å². The summed E-state index contributed by atoms with van der Waals surface area (Å²) in [5, 5.41) is 3.68. The molecule has 1 unspecified atom stereocenters. The molecular weight excluding hydrogens is 293 g/mol. The van der Waals surface area contributed by atoms with E-state index in [0.29, 0.717) is 10.9 Å². The predicted molar refractivity (Wildman–Crippen MR) is 74.1 cm³/mol. The number of halogens is 2. The van der Waals surface area contributed by atoms with Crippen molar-refractivity contribution >= 4 is 33.0 Å². The molecule has 0 aromatic heterocycles. The third kappa shape index (κ3) is 3.18. The molecule has 1 aliphatic carbocycles. The minimum Gasteiger partial charge on any atom is -0.316 e. The van der Waals surface area contributed by atoms with Gasteiger partial charge in [0.1, 0.15) is 0 Å². The Morgan fingerprint density at radius 3 is 2.61 bits per heavy atom. The van der Waals surface area contributed by atoms with Crippen LogP contribution in [0.4, 0.5) is 0 Å². The fraction of sp³-hybridized carbons (Fsp3) is 0.500. The van der Waals surface area contributed by atoms with Gasteiger partial charge in [-0.25, -0.2) is 8.42 Å². The lowest BCUT2D eigenvalue weighted by Gasteiger charge is -2.16. The van der Waals surface area contributed by atoms with Gasteiger partial charge in [-0.05, 0) is 44.0 Å². The fourth-order valence-electron chi connectivity index (χ4n) is 2.00. The van der Waals surface area contributed by atoms with Crippen molar-refractivity contribution < 1.29 is 8.42 Å². The normalized spacial score (nSPS) is 17.7. The Balaban J connectivity index is 2.26. The summed E-state index contributed by atoms with van der Waals surface area (Å²) in [5.41, 5.74) is 0. The third-order valence-electron chi connectivity index (χ3n) is 3.19. The molecule has 18 heavy (non-hydrogen) atoms. The maximum atomic E-state index is 12.3. The highest BCUT2D eigenvalue weighted by Crippen LogP contribution is 2.34. The minimum absolute atomic E-state index is 0.00921. The van der Waals surface area contributed by atoms with E-state index in [1.165, 1.54) is 12.1 Å². The van der Waals surface area contributed by atoms with Gasteiger partial charge in [0.15, 0.2) is 9.84 Å². The molecule has 6 heteroatoms. The molecule has 1 N–H and O–H groups in total. The smallest absolute Gasteiger partial charge is 0.181 e. The van der Waals surface area contributed by atoms with Gasteiger partial charge in [-0.3, -0.25) is 0 Å². The standard InChI is InChI=1S/C12H15Cl2NO2S/c1-15-11(8-2-3-8)7-18(16,17)12-6-9(13)4-5-10(12)14/h4-6,8,11,15H,2-3,7H2,1H3. The van der Waals surface area contributed by atoms with E-state index in [9.17, 15) is 8.42 Å². The molecule has 3 nitrogen and oxygen atoms in total. The van der Waals surface area contributed by atoms with Crippen molar-refractivity contribution in [2.45, 2.75) is 23.8 Å². The van der Waals surface area contributed by atoms with Crippen molar-refractivity contribution in [1.82, 2.24) is 5.32 Å². The van der Waals surface area contributed by atoms with Crippen LogP contribution < -0.4 is 5.32 Å². The zero-order valence-corrected chi connectivity index (χ0v) is 12.3. The number of nitrogens with one attached hydrogen (secondary N) is 1. The molecule has 0 bridgehead atoms. The molecule has 1 saturated carbocycles. The molecule has 0 heterocycles. The average molecular weight is 308 g/mol. The second kappa shape index (κ2) is 5.37. The first-order chi connectivity index (χ1) is 8.44. The molecule has 1 aromatic rings. The Morgan fingerprint density at radius 2 is 2.06 bits per heavy atom. The van der Waals surface area contributed by atoms with Gasteiger partial charge in [-0.2, -0.15) is 0 Å². The van der Waals surface area contributed by atoms with Gasteiger partial charge in [0, 0.05) is 11.1 Å². The quantitative estimate of drug-likeness (QED) is 0.910. The monoisotopic (exact) mass is 307 g/mol. The molecule has 0 saturated heterocycles. The third-order valence-corrected chi connectivity index (χ3v) is 5.67. The summed E-state index contributed by atoms with van der Waals surface area (Å²) >= 11 is 11.8. The van der Waals surface area contributed by atoms with E-state index in [2.05, 4.69) is 5.32 Å². The van der Waals surface area contributed by atoms with Gasteiger partial charge in [0.05, 0.1) is 15.7 Å². The number of hydrogen-bond acceptors (Lipinski definition) is 3. The molecule has 2 rings (SSSR count). The summed E-state index contributed by atoms with van der Waals surface area (Å²) in [7, 11) is -1.62. The summed E-state index contributed by atoms with van der Waals surface area (Å²) in [6.45, 7) is 0. The first kappa shape index (κ1) is 14.1. The second-order valence-corrected chi connectivity index (χ2v) is 7.44. The van der Waals surface area contributed by atoms with Crippen molar-refractivity contribution in [2.24, 2.45) is 5.92 Å². The average Bonchev–Trinajstić information content (AvgIpc) is 3.13. The Labute approximate surface area is 117 Å². The molecule has 0 radical (unpaired) electrons. The SMILES string of the molecule is CNC(CS(=O)(=O)c1cc(Cl)ccc1Cl)C1CC1. The van der Waals surface area contributed by atoms with Gasteiger partial charge in [-0.15, -0.1) is 0 Å². The van der Waals surface area contributed by atoms with Gasteiger partial charge in [0.2, 0.25) is 0 Å². The van der Waals surface area contributed by atoms with Gasteiger partial charge >= 0.3 is 0 Å². The maximum Gasteiger partial charge on any atom is 0.181 e. The van der Waals surface area contributed by atoms with Crippen LogP contribution in [-0.2, 0) is 9.84 Å². The minimum atomic E-state index is -3.41. The lowest BCUT2D eigenvalue weighted by Crippen LogP contribution is -2.35. The van der Waals surface area contributed by atoms with E-state index >= 15 is 0 Å². The molecule has 100 valence electrons. The maximum absolute atomic E-state index is 12.3. The summed E-state index contributed by atoms with van der Waals surface area (Å²) in [6.07, 6.45) is 2.18. The molecule has 0 aliphatic heterocycles. The molecule has 1 fully saturated rings. The van der Waals surface area contributed by atoms with Crippen LogP contribution in [0, 0.1) is 5.92 Å². The summed E-state index contributed by atoms with van der Waals surface area (Å²) in [6, 6.07) is 4.51. The van der Waals surface area contributed by atoms with E-state index in [-0.39, 0.29) is 21.7 Å². The van der Waals surface area contributed by atoms with Gasteiger partial charge in [0.25, 0.3) is 0 Å². The van der Waals surface area contributed by atoms with Crippen molar-refractivity contribution in [3.05, 3.63) is 28.2 Å². The summed E-state index contributed by atoms with van der Waals surface area (Å²) in [5.74, 6) is 0.525. The van der Waals surface area contributed by atoms with Crippen LogP contribution in [0.5, 0.6) is 0 Å². The summed E-state index contributed by atoms with van der Waals surface area (Å²) < 4.78 is 24.6.